The number of ether oxygens (including phenoxy) is 1. The Labute approximate surface area is 103 Å². The number of aromatic amines is 1. The molecule has 1 saturated heterocycles. The third-order valence-electron chi connectivity index (χ3n) is 3.34. The number of H-pyrrole nitrogens is 1. The van der Waals surface area contributed by atoms with Gasteiger partial charge in [0.25, 0.3) is 0 Å². The number of hydrogen-bond acceptors (Lipinski definition) is 3. The Morgan fingerprint density at radius 3 is 3.24 bits per heavy atom. The smallest absolute Gasteiger partial charge is 0.123 e. The third kappa shape index (κ3) is 3.82. The molecule has 17 heavy (non-hydrogen) atoms. The lowest BCUT2D eigenvalue weighted by Crippen LogP contribution is -2.22. The first-order valence-electron chi connectivity index (χ1n) is 6.74. The zero-order valence-corrected chi connectivity index (χ0v) is 10.6. The highest BCUT2D eigenvalue weighted by Gasteiger charge is 2.17. The number of nitrogens with one attached hydrogen (secondary N) is 2. The number of nitrogens with zero attached hydrogens (tertiary/aromatic N) is 1. The molecule has 0 bridgehead atoms. The van der Waals surface area contributed by atoms with E-state index in [1.165, 1.54) is 25.7 Å². The molecule has 1 fully saturated rings. The fourth-order valence-corrected chi connectivity index (χ4v) is 2.47. The maximum Gasteiger partial charge on any atom is 0.123 e. The van der Waals surface area contributed by atoms with Crippen LogP contribution in [0.15, 0.2) is 12.4 Å². The molecule has 2 N–H and O–H groups in total. The summed E-state index contributed by atoms with van der Waals surface area (Å²) in [6, 6.07) is 0.358. The van der Waals surface area contributed by atoms with Crippen LogP contribution in [0.1, 0.15) is 50.9 Å². The van der Waals surface area contributed by atoms with Gasteiger partial charge in [-0.2, -0.15) is 0 Å². The van der Waals surface area contributed by atoms with Gasteiger partial charge in [-0.15, -0.1) is 0 Å². The van der Waals surface area contributed by atoms with Crippen molar-refractivity contribution in [3.8, 4) is 0 Å². The van der Waals surface area contributed by atoms with Crippen LogP contribution in [0.25, 0.3) is 0 Å². The van der Waals surface area contributed by atoms with Crippen molar-refractivity contribution in [2.75, 3.05) is 13.2 Å². The zero-order chi connectivity index (χ0) is 11.9. The molecule has 1 aliphatic heterocycles. The molecule has 1 aromatic rings. The number of rotatable bonds is 7. The molecule has 1 aromatic heterocycles. The van der Waals surface area contributed by atoms with Crippen molar-refractivity contribution in [3.63, 3.8) is 0 Å². The standard InChI is InChI=1S/C13H23N3O/c1-2-14-12(13-15-8-9-16-13)7-3-5-11-6-4-10-17-11/h8-9,11-12,14H,2-7,10H2,1H3,(H,15,16). The van der Waals surface area contributed by atoms with Gasteiger partial charge in [-0.1, -0.05) is 6.92 Å². The molecule has 0 spiro atoms. The van der Waals surface area contributed by atoms with Gasteiger partial charge in [0.1, 0.15) is 5.82 Å². The van der Waals surface area contributed by atoms with Crippen LogP contribution in [0.4, 0.5) is 0 Å². The summed E-state index contributed by atoms with van der Waals surface area (Å²) in [6.07, 6.45) is 10.2. The molecule has 0 aliphatic carbocycles. The quantitative estimate of drug-likeness (QED) is 0.765. The van der Waals surface area contributed by atoms with E-state index in [0.717, 1.165) is 25.4 Å². The van der Waals surface area contributed by atoms with Gasteiger partial charge in [-0.3, -0.25) is 0 Å². The number of imidazole rings is 1. The lowest BCUT2D eigenvalue weighted by molar-refractivity contribution is 0.101. The van der Waals surface area contributed by atoms with Gasteiger partial charge in [-0.25, -0.2) is 4.98 Å². The van der Waals surface area contributed by atoms with E-state index in [1.807, 2.05) is 12.4 Å². The average Bonchev–Trinajstić information content (AvgIpc) is 3.01. The van der Waals surface area contributed by atoms with E-state index in [4.69, 9.17) is 4.74 Å². The Hall–Kier alpha value is -0.870. The molecule has 96 valence electrons. The molecule has 1 aliphatic rings. The van der Waals surface area contributed by atoms with Gasteiger partial charge >= 0.3 is 0 Å². The van der Waals surface area contributed by atoms with E-state index < -0.39 is 0 Å². The van der Waals surface area contributed by atoms with E-state index >= 15 is 0 Å². The Morgan fingerprint density at radius 1 is 1.65 bits per heavy atom. The normalized spacial score (nSPS) is 21.8. The minimum absolute atomic E-state index is 0.358. The van der Waals surface area contributed by atoms with Crippen molar-refractivity contribution >= 4 is 0 Å². The SMILES string of the molecule is CCNC(CCCC1CCCO1)c1ncc[nH]1. The van der Waals surface area contributed by atoms with Crippen molar-refractivity contribution in [1.82, 2.24) is 15.3 Å². The van der Waals surface area contributed by atoms with Crippen molar-refractivity contribution < 1.29 is 4.74 Å². The van der Waals surface area contributed by atoms with Crippen LogP contribution in [0, 0.1) is 0 Å². The second-order valence-electron chi connectivity index (χ2n) is 4.65. The van der Waals surface area contributed by atoms with Crippen LogP contribution in [-0.2, 0) is 4.74 Å². The highest BCUT2D eigenvalue weighted by atomic mass is 16.5. The van der Waals surface area contributed by atoms with E-state index in [9.17, 15) is 0 Å². The summed E-state index contributed by atoms with van der Waals surface area (Å²) in [5, 5.41) is 3.48. The van der Waals surface area contributed by atoms with Crippen molar-refractivity contribution in [2.45, 2.75) is 51.2 Å². The number of aromatic nitrogens is 2. The molecular weight excluding hydrogens is 214 g/mol. The Balaban J connectivity index is 1.73. The Morgan fingerprint density at radius 2 is 2.59 bits per heavy atom. The van der Waals surface area contributed by atoms with E-state index in [2.05, 4.69) is 22.2 Å². The molecule has 0 radical (unpaired) electrons. The highest BCUT2D eigenvalue weighted by molar-refractivity contribution is 4.95. The first kappa shape index (κ1) is 12.6. The maximum atomic E-state index is 5.64. The van der Waals surface area contributed by atoms with Crippen LogP contribution in [-0.4, -0.2) is 29.2 Å². The summed E-state index contributed by atoms with van der Waals surface area (Å²) in [5.74, 6) is 1.05. The molecular formula is C13H23N3O. The van der Waals surface area contributed by atoms with Crippen molar-refractivity contribution in [1.29, 1.82) is 0 Å². The molecule has 2 heterocycles. The lowest BCUT2D eigenvalue weighted by atomic mass is 10.0. The minimum atomic E-state index is 0.358. The van der Waals surface area contributed by atoms with Crippen molar-refractivity contribution in [2.24, 2.45) is 0 Å². The fourth-order valence-electron chi connectivity index (χ4n) is 2.47. The van der Waals surface area contributed by atoms with E-state index in [1.54, 1.807) is 0 Å². The molecule has 0 aromatic carbocycles. The van der Waals surface area contributed by atoms with Gasteiger partial charge in [-0.05, 0) is 38.6 Å². The second-order valence-corrected chi connectivity index (χ2v) is 4.65. The van der Waals surface area contributed by atoms with Crippen molar-refractivity contribution in [3.05, 3.63) is 18.2 Å². The fraction of sp³-hybridized carbons (Fsp3) is 0.769. The van der Waals surface area contributed by atoms with Crippen LogP contribution >= 0.6 is 0 Å². The lowest BCUT2D eigenvalue weighted by Gasteiger charge is -2.16. The second kappa shape index (κ2) is 6.77. The first-order chi connectivity index (χ1) is 8.40. The Kier molecular flexibility index (Phi) is 5.01. The summed E-state index contributed by atoms with van der Waals surface area (Å²) in [4.78, 5) is 7.53. The highest BCUT2D eigenvalue weighted by Crippen LogP contribution is 2.21. The maximum absolute atomic E-state index is 5.64. The largest absolute Gasteiger partial charge is 0.378 e. The molecule has 4 nitrogen and oxygen atoms in total. The zero-order valence-electron chi connectivity index (χ0n) is 10.6. The molecule has 2 unspecified atom stereocenters. The summed E-state index contributed by atoms with van der Waals surface area (Å²) in [6.45, 7) is 4.07. The predicted molar refractivity (Wildman–Crippen MR) is 67.8 cm³/mol. The van der Waals surface area contributed by atoms with Crippen LogP contribution in [0.3, 0.4) is 0 Å². The van der Waals surface area contributed by atoms with Crippen LogP contribution in [0.5, 0.6) is 0 Å². The van der Waals surface area contributed by atoms with Crippen LogP contribution in [0.2, 0.25) is 0 Å². The summed E-state index contributed by atoms with van der Waals surface area (Å²) in [7, 11) is 0. The molecule has 4 heteroatoms. The van der Waals surface area contributed by atoms with Gasteiger partial charge in [0.15, 0.2) is 0 Å². The average molecular weight is 237 g/mol. The van der Waals surface area contributed by atoms with Gasteiger partial charge in [0.2, 0.25) is 0 Å². The van der Waals surface area contributed by atoms with E-state index in [-0.39, 0.29) is 0 Å². The molecule has 0 amide bonds. The summed E-state index contributed by atoms with van der Waals surface area (Å²) >= 11 is 0. The van der Waals surface area contributed by atoms with Crippen LogP contribution < -0.4 is 5.32 Å². The molecule has 2 rings (SSSR count). The summed E-state index contributed by atoms with van der Waals surface area (Å²) in [5.41, 5.74) is 0. The predicted octanol–water partition coefficient (Wildman–Crippen LogP) is 2.41. The van der Waals surface area contributed by atoms with Gasteiger partial charge < -0.3 is 15.0 Å². The monoisotopic (exact) mass is 237 g/mol. The molecule has 0 saturated carbocycles. The number of hydrogen-bond donors (Lipinski definition) is 2. The topological polar surface area (TPSA) is 49.9 Å². The first-order valence-corrected chi connectivity index (χ1v) is 6.74. The summed E-state index contributed by atoms with van der Waals surface area (Å²) < 4.78 is 5.64. The Bertz CT molecular complexity index is 294. The van der Waals surface area contributed by atoms with Gasteiger partial charge in [0.05, 0.1) is 12.1 Å². The minimum Gasteiger partial charge on any atom is -0.378 e. The molecule has 2 atom stereocenters. The van der Waals surface area contributed by atoms with E-state index in [0.29, 0.717) is 12.1 Å². The third-order valence-corrected chi connectivity index (χ3v) is 3.34. The van der Waals surface area contributed by atoms with Gasteiger partial charge in [0, 0.05) is 19.0 Å².